The third-order valence-electron chi connectivity index (χ3n) is 5.70. The van der Waals surface area contributed by atoms with Crippen LogP contribution in [0, 0.1) is 0 Å². The van der Waals surface area contributed by atoms with E-state index in [1.54, 1.807) is 4.90 Å². The second-order valence-electron chi connectivity index (χ2n) is 7.96. The van der Waals surface area contributed by atoms with E-state index in [2.05, 4.69) is 19.2 Å². The van der Waals surface area contributed by atoms with Gasteiger partial charge in [0.05, 0.1) is 0 Å². The summed E-state index contributed by atoms with van der Waals surface area (Å²) in [4.78, 5) is 40.7. The number of hydrogen-bond acceptors (Lipinski definition) is 3. The van der Waals surface area contributed by atoms with Crippen LogP contribution in [0.25, 0.3) is 0 Å². The molecule has 2 aromatic carbocycles. The monoisotopic (exact) mass is 391 g/mol. The highest BCUT2D eigenvalue weighted by atomic mass is 16.2. The van der Waals surface area contributed by atoms with Crippen molar-refractivity contribution in [2.45, 2.75) is 45.2 Å². The lowest BCUT2D eigenvalue weighted by Crippen LogP contribution is -2.39. The number of nitrogens with zero attached hydrogens (tertiary/aromatic N) is 2. The molecule has 0 aromatic heterocycles. The quantitative estimate of drug-likeness (QED) is 0.793. The Morgan fingerprint density at radius 1 is 1.07 bits per heavy atom. The Labute approximate surface area is 170 Å². The number of anilines is 1. The zero-order valence-electron chi connectivity index (χ0n) is 16.7. The molecule has 150 valence electrons. The Hall–Kier alpha value is -3.15. The number of amides is 4. The molecule has 2 aliphatic heterocycles. The Kier molecular flexibility index (Phi) is 5.09. The largest absolute Gasteiger partial charge is 0.327 e. The number of imide groups is 1. The molecule has 4 rings (SSSR count). The molecule has 1 fully saturated rings. The van der Waals surface area contributed by atoms with Crippen LogP contribution in [0.2, 0.25) is 0 Å². The SMILES string of the molecule is CC(C)c1ccc(NC(=O)CCN2C(=O)[C@@H]3Cc4ccccc4CN3C2=O)cc1. The second-order valence-corrected chi connectivity index (χ2v) is 7.96. The molecule has 4 amide bonds. The molecule has 1 saturated heterocycles. The van der Waals surface area contributed by atoms with Gasteiger partial charge in [0.1, 0.15) is 6.04 Å². The van der Waals surface area contributed by atoms with Gasteiger partial charge in [0.25, 0.3) is 5.91 Å². The normalized spacial score (nSPS) is 18.1. The van der Waals surface area contributed by atoms with Gasteiger partial charge in [-0.05, 0) is 34.7 Å². The number of carbonyl (C=O) groups excluding carboxylic acids is 3. The molecule has 2 heterocycles. The Balaban J connectivity index is 1.36. The maximum Gasteiger partial charge on any atom is 0.327 e. The fourth-order valence-electron chi connectivity index (χ4n) is 3.97. The van der Waals surface area contributed by atoms with Gasteiger partial charge in [-0.1, -0.05) is 50.2 Å². The van der Waals surface area contributed by atoms with E-state index in [4.69, 9.17) is 0 Å². The van der Waals surface area contributed by atoms with Crippen molar-refractivity contribution in [2.75, 3.05) is 11.9 Å². The first-order valence-corrected chi connectivity index (χ1v) is 10.0. The Morgan fingerprint density at radius 3 is 2.45 bits per heavy atom. The fourth-order valence-corrected chi connectivity index (χ4v) is 3.97. The lowest BCUT2D eigenvalue weighted by atomic mass is 9.95. The van der Waals surface area contributed by atoms with Crippen LogP contribution < -0.4 is 5.32 Å². The molecular weight excluding hydrogens is 366 g/mol. The van der Waals surface area contributed by atoms with Crippen LogP contribution in [0.1, 0.15) is 42.9 Å². The van der Waals surface area contributed by atoms with Crippen LogP contribution in [-0.2, 0) is 22.6 Å². The van der Waals surface area contributed by atoms with Crippen molar-refractivity contribution in [2.24, 2.45) is 0 Å². The van der Waals surface area contributed by atoms with Gasteiger partial charge in [0, 0.05) is 31.6 Å². The summed E-state index contributed by atoms with van der Waals surface area (Å²) in [5.74, 6) is 0.00580. The van der Waals surface area contributed by atoms with Gasteiger partial charge in [0.15, 0.2) is 0 Å². The standard InChI is InChI=1S/C23H25N3O3/c1-15(2)16-7-9-19(10-8-16)24-21(27)11-12-25-22(28)20-13-17-5-3-4-6-18(17)14-26(20)23(25)29/h3-10,15,20H,11-14H2,1-2H3,(H,24,27)/t20-/m0/s1. The predicted octanol–water partition coefficient (Wildman–Crippen LogP) is 3.53. The summed E-state index contributed by atoms with van der Waals surface area (Å²) in [6.45, 7) is 4.76. The molecule has 0 saturated carbocycles. The van der Waals surface area contributed by atoms with Crippen LogP contribution in [0.5, 0.6) is 0 Å². The van der Waals surface area contributed by atoms with Crippen LogP contribution in [0.4, 0.5) is 10.5 Å². The molecule has 2 aromatic rings. The lowest BCUT2D eigenvalue weighted by Gasteiger charge is -2.28. The number of hydrogen-bond donors (Lipinski definition) is 1. The number of fused-ring (bicyclic) bond motifs is 2. The molecule has 0 radical (unpaired) electrons. The summed E-state index contributed by atoms with van der Waals surface area (Å²) >= 11 is 0. The molecule has 0 unspecified atom stereocenters. The summed E-state index contributed by atoms with van der Waals surface area (Å²) < 4.78 is 0. The molecule has 0 aliphatic carbocycles. The van der Waals surface area contributed by atoms with Crippen LogP contribution in [0.15, 0.2) is 48.5 Å². The average molecular weight is 391 g/mol. The van der Waals surface area contributed by atoms with Crippen molar-refractivity contribution < 1.29 is 14.4 Å². The van der Waals surface area contributed by atoms with E-state index < -0.39 is 6.04 Å². The van der Waals surface area contributed by atoms with Crippen LogP contribution >= 0.6 is 0 Å². The third-order valence-corrected chi connectivity index (χ3v) is 5.70. The highest BCUT2D eigenvalue weighted by molar-refractivity contribution is 6.05. The van der Waals surface area contributed by atoms with E-state index in [9.17, 15) is 14.4 Å². The summed E-state index contributed by atoms with van der Waals surface area (Å²) in [6.07, 6.45) is 0.614. The van der Waals surface area contributed by atoms with Gasteiger partial charge in [-0.25, -0.2) is 4.79 Å². The maximum atomic E-state index is 12.8. The van der Waals surface area contributed by atoms with Crippen LogP contribution in [0.3, 0.4) is 0 Å². The predicted molar refractivity (Wildman–Crippen MR) is 110 cm³/mol. The molecule has 0 bridgehead atoms. The number of benzene rings is 2. The van der Waals surface area contributed by atoms with E-state index in [-0.39, 0.29) is 30.8 Å². The van der Waals surface area contributed by atoms with Gasteiger partial charge >= 0.3 is 6.03 Å². The highest BCUT2D eigenvalue weighted by Gasteiger charge is 2.46. The topological polar surface area (TPSA) is 69.7 Å². The first-order chi connectivity index (χ1) is 13.9. The van der Waals surface area contributed by atoms with Gasteiger partial charge in [0.2, 0.25) is 5.91 Å². The van der Waals surface area contributed by atoms with Gasteiger partial charge in [-0.15, -0.1) is 0 Å². The fraction of sp³-hybridized carbons (Fsp3) is 0.348. The first-order valence-electron chi connectivity index (χ1n) is 10.0. The summed E-state index contributed by atoms with van der Waals surface area (Å²) in [5.41, 5.74) is 4.11. The average Bonchev–Trinajstić information content (AvgIpc) is 2.95. The minimum absolute atomic E-state index is 0.0803. The molecular formula is C23H25N3O3. The zero-order chi connectivity index (χ0) is 20.5. The van der Waals surface area contributed by atoms with E-state index in [0.29, 0.717) is 24.6 Å². The van der Waals surface area contributed by atoms with E-state index in [0.717, 1.165) is 11.1 Å². The number of nitrogens with one attached hydrogen (secondary N) is 1. The summed E-state index contributed by atoms with van der Waals surface area (Å²) in [5, 5.41) is 2.84. The zero-order valence-corrected chi connectivity index (χ0v) is 16.7. The molecule has 1 N–H and O–H groups in total. The third kappa shape index (κ3) is 3.75. The minimum atomic E-state index is -0.455. The van der Waals surface area contributed by atoms with Gasteiger partial charge < -0.3 is 10.2 Å². The van der Waals surface area contributed by atoms with E-state index in [1.165, 1.54) is 10.5 Å². The molecule has 1 atom stereocenters. The lowest BCUT2D eigenvalue weighted by molar-refractivity contribution is -0.128. The summed E-state index contributed by atoms with van der Waals surface area (Å²) in [7, 11) is 0. The van der Waals surface area contributed by atoms with E-state index >= 15 is 0 Å². The number of urea groups is 1. The van der Waals surface area contributed by atoms with Crippen molar-refractivity contribution >= 4 is 23.5 Å². The Bertz CT molecular complexity index is 909. The van der Waals surface area contributed by atoms with Crippen molar-refractivity contribution in [3.8, 4) is 0 Å². The Morgan fingerprint density at radius 2 is 1.76 bits per heavy atom. The molecule has 6 heteroatoms. The van der Waals surface area contributed by atoms with Crippen molar-refractivity contribution in [1.29, 1.82) is 0 Å². The minimum Gasteiger partial charge on any atom is -0.326 e. The highest BCUT2D eigenvalue weighted by Crippen LogP contribution is 2.30. The second kappa shape index (κ2) is 7.70. The maximum absolute atomic E-state index is 12.8. The van der Waals surface area contributed by atoms with Gasteiger partial charge in [-0.2, -0.15) is 0 Å². The first kappa shape index (κ1) is 19.2. The number of carbonyl (C=O) groups is 3. The molecule has 29 heavy (non-hydrogen) atoms. The number of rotatable bonds is 5. The van der Waals surface area contributed by atoms with Crippen molar-refractivity contribution in [1.82, 2.24) is 9.80 Å². The molecule has 6 nitrogen and oxygen atoms in total. The smallest absolute Gasteiger partial charge is 0.326 e. The summed E-state index contributed by atoms with van der Waals surface area (Å²) in [6, 6.07) is 14.9. The van der Waals surface area contributed by atoms with E-state index in [1.807, 2.05) is 48.5 Å². The molecule has 2 aliphatic rings. The van der Waals surface area contributed by atoms with Crippen LogP contribution in [-0.4, -0.2) is 40.2 Å². The molecule has 0 spiro atoms. The van der Waals surface area contributed by atoms with Gasteiger partial charge in [-0.3, -0.25) is 14.5 Å². The van der Waals surface area contributed by atoms with Crippen molar-refractivity contribution in [3.63, 3.8) is 0 Å². The van der Waals surface area contributed by atoms with Crippen molar-refractivity contribution in [3.05, 3.63) is 65.2 Å².